The van der Waals surface area contributed by atoms with Gasteiger partial charge in [-0.25, -0.2) is 0 Å². The predicted molar refractivity (Wildman–Crippen MR) is 63.8 cm³/mol. The van der Waals surface area contributed by atoms with E-state index in [-0.39, 0.29) is 5.92 Å². The van der Waals surface area contributed by atoms with Gasteiger partial charge in [-0.15, -0.1) is 0 Å². The number of carbonyl (C=O) groups is 1. The Labute approximate surface area is 95.5 Å². The van der Waals surface area contributed by atoms with E-state index in [9.17, 15) is 4.79 Å². The summed E-state index contributed by atoms with van der Waals surface area (Å²) in [6, 6.07) is 6.18. The predicted octanol–water partition coefficient (Wildman–Crippen LogP) is 2.61. The molecule has 0 saturated heterocycles. The van der Waals surface area contributed by atoms with E-state index >= 15 is 0 Å². The SMILES string of the molecule is Cc1cccc2c1C(CC(C)C(=O)O)CN2. The van der Waals surface area contributed by atoms with Gasteiger partial charge in [-0.05, 0) is 30.5 Å². The molecule has 3 nitrogen and oxygen atoms in total. The maximum absolute atomic E-state index is 10.9. The van der Waals surface area contributed by atoms with Crippen molar-refractivity contribution in [2.24, 2.45) is 5.92 Å². The van der Waals surface area contributed by atoms with Gasteiger partial charge in [0.2, 0.25) is 0 Å². The lowest BCUT2D eigenvalue weighted by molar-refractivity contribution is -0.141. The largest absolute Gasteiger partial charge is 0.481 e. The first-order valence-corrected chi connectivity index (χ1v) is 5.65. The minimum absolute atomic E-state index is 0.280. The van der Waals surface area contributed by atoms with Crippen LogP contribution in [0.3, 0.4) is 0 Å². The van der Waals surface area contributed by atoms with Gasteiger partial charge in [-0.2, -0.15) is 0 Å². The van der Waals surface area contributed by atoms with Crippen molar-refractivity contribution in [2.75, 3.05) is 11.9 Å². The van der Waals surface area contributed by atoms with Gasteiger partial charge in [0.05, 0.1) is 5.92 Å². The molecule has 0 bridgehead atoms. The van der Waals surface area contributed by atoms with Gasteiger partial charge < -0.3 is 10.4 Å². The van der Waals surface area contributed by atoms with E-state index in [0.717, 1.165) is 6.54 Å². The Morgan fingerprint density at radius 1 is 1.62 bits per heavy atom. The maximum Gasteiger partial charge on any atom is 0.306 e. The van der Waals surface area contributed by atoms with Gasteiger partial charge in [0.1, 0.15) is 0 Å². The van der Waals surface area contributed by atoms with Crippen LogP contribution in [0, 0.1) is 12.8 Å². The smallest absolute Gasteiger partial charge is 0.306 e. The first-order valence-electron chi connectivity index (χ1n) is 5.65. The second kappa shape index (κ2) is 4.16. The molecule has 2 N–H and O–H groups in total. The molecule has 1 aliphatic heterocycles. The molecule has 0 saturated carbocycles. The zero-order valence-electron chi connectivity index (χ0n) is 9.66. The summed E-state index contributed by atoms with van der Waals surface area (Å²) < 4.78 is 0. The van der Waals surface area contributed by atoms with E-state index in [2.05, 4.69) is 24.4 Å². The molecular weight excluding hydrogens is 202 g/mol. The van der Waals surface area contributed by atoms with Crippen molar-refractivity contribution in [1.82, 2.24) is 0 Å². The van der Waals surface area contributed by atoms with Crippen molar-refractivity contribution in [3.63, 3.8) is 0 Å². The summed E-state index contributed by atoms with van der Waals surface area (Å²) in [4.78, 5) is 10.9. The summed E-state index contributed by atoms with van der Waals surface area (Å²) >= 11 is 0. The number of rotatable bonds is 3. The summed E-state index contributed by atoms with van der Waals surface area (Å²) in [7, 11) is 0. The number of hydrogen-bond acceptors (Lipinski definition) is 2. The Morgan fingerprint density at radius 2 is 2.38 bits per heavy atom. The fraction of sp³-hybridized carbons (Fsp3) is 0.462. The molecule has 16 heavy (non-hydrogen) atoms. The van der Waals surface area contributed by atoms with Crippen LogP contribution in [0.2, 0.25) is 0 Å². The van der Waals surface area contributed by atoms with E-state index in [1.807, 2.05) is 6.07 Å². The third kappa shape index (κ3) is 1.90. The molecule has 0 aromatic heterocycles. The van der Waals surface area contributed by atoms with Gasteiger partial charge in [0.15, 0.2) is 0 Å². The van der Waals surface area contributed by atoms with Gasteiger partial charge in [-0.3, -0.25) is 4.79 Å². The summed E-state index contributed by atoms with van der Waals surface area (Å²) in [6.45, 7) is 4.72. The van der Waals surface area contributed by atoms with Crippen LogP contribution in [0.15, 0.2) is 18.2 Å². The van der Waals surface area contributed by atoms with Crippen LogP contribution in [-0.4, -0.2) is 17.6 Å². The Balaban J connectivity index is 2.20. The van der Waals surface area contributed by atoms with Crippen LogP contribution in [0.5, 0.6) is 0 Å². The number of nitrogens with one attached hydrogen (secondary N) is 1. The highest BCUT2D eigenvalue weighted by molar-refractivity contribution is 5.70. The Bertz CT molecular complexity index is 414. The number of aliphatic carboxylic acids is 1. The molecule has 1 aromatic rings. The second-order valence-corrected chi connectivity index (χ2v) is 4.59. The Morgan fingerprint density at radius 3 is 3.06 bits per heavy atom. The highest BCUT2D eigenvalue weighted by atomic mass is 16.4. The van der Waals surface area contributed by atoms with Crippen LogP contribution in [0.25, 0.3) is 0 Å². The number of carboxylic acid groups (broad SMARTS) is 1. The third-order valence-corrected chi connectivity index (χ3v) is 3.33. The molecule has 1 aromatic carbocycles. The molecule has 2 atom stereocenters. The fourth-order valence-electron chi connectivity index (χ4n) is 2.44. The fourth-order valence-corrected chi connectivity index (χ4v) is 2.44. The van der Waals surface area contributed by atoms with Crippen molar-refractivity contribution in [2.45, 2.75) is 26.2 Å². The number of fused-ring (bicyclic) bond motifs is 1. The third-order valence-electron chi connectivity index (χ3n) is 3.33. The van der Waals surface area contributed by atoms with Gasteiger partial charge >= 0.3 is 5.97 Å². The average Bonchev–Trinajstić information content (AvgIpc) is 2.63. The first kappa shape index (κ1) is 11.0. The zero-order chi connectivity index (χ0) is 11.7. The standard InChI is InChI=1S/C13H17NO2/c1-8-4-3-5-11-12(8)10(7-14-11)6-9(2)13(15)16/h3-5,9-10,14H,6-7H2,1-2H3,(H,15,16). The molecule has 2 unspecified atom stereocenters. The number of aryl methyl sites for hydroxylation is 1. The molecule has 0 amide bonds. The molecular formula is C13H17NO2. The molecule has 3 heteroatoms. The van der Waals surface area contributed by atoms with Crippen molar-refractivity contribution in [3.8, 4) is 0 Å². The zero-order valence-corrected chi connectivity index (χ0v) is 9.66. The Hall–Kier alpha value is -1.51. The lowest BCUT2D eigenvalue weighted by Crippen LogP contribution is -2.15. The van der Waals surface area contributed by atoms with E-state index in [0.29, 0.717) is 12.3 Å². The van der Waals surface area contributed by atoms with Crippen molar-refractivity contribution in [1.29, 1.82) is 0 Å². The molecule has 86 valence electrons. The Kier molecular flexibility index (Phi) is 2.86. The summed E-state index contributed by atoms with van der Waals surface area (Å²) in [5, 5.41) is 12.3. The van der Waals surface area contributed by atoms with Crippen LogP contribution in [-0.2, 0) is 4.79 Å². The van der Waals surface area contributed by atoms with E-state index in [4.69, 9.17) is 5.11 Å². The van der Waals surface area contributed by atoms with Crippen LogP contribution in [0.4, 0.5) is 5.69 Å². The quantitative estimate of drug-likeness (QED) is 0.821. The lowest BCUT2D eigenvalue weighted by atomic mass is 9.89. The number of hydrogen-bond donors (Lipinski definition) is 2. The molecule has 0 spiro atoms. The number of carboxylic acids is 1. The number of benzene rings is 1. The van der Waals surface area contributed by atoms with Crippen LogP contribution < -0.4 is 5.32 Å². The topological polar surface area (TPSA) is 49.3 Å². The van der Waals surface area contributed by atoms with Crippen molar-refractivity contribution < 1.29 is 9.90 Å². The maximum atomic E-state index is 10.9. The van der Waals surface area contributed by atoms with E-state index in [1.165, 1.54) is 16.8 Å². The monoisotopic (exact) mass is 219 g/mol. The van der Waals surface area contributed by atoms with E-state index < -0.39 is 5.97 Å². The minimum Gasteiger partial charge on any atom is -0.481 e. The van der Waals surface area contributed by atoms with Crippen LogP contribution >= 0.6 is 0 Å². The highest BCUT2D eigenvalue weighted by Crippen LogP contribution is 2.37. The van der Waals surface area contributed by atoms with E-state index in [1.54, 1.807) is 6.92 Å². The molecule has 0 radical (unpaired) electrons. The second-order valence-electron chi connectivity index (χ2n) is 4.59. The minimum atomic E-state index is -0.706. The molecule has 1 aliphatic rings. The van der Waals surface area contributed by atoms with Crippen molar-refractivity contribution >= 4 is 11.7 Å². The number of anilines is 1. The molecule has 0 aliphatic carbocycles. The first-order chi connectivity index (χ1) is 7.59. The summed E-state index contributed by atoms with van der Waals surface area (Å²) in [6.07, 6.45) is 0.709. The molecule has 0 fully saturated rings. The van der Waals surface area contributed by atoms with Gasteiger partial charge in [-0.1, -0.05) is 19.1 Å². The molecule has 2 rings (SSSR count). The normalized spacial score (nSPS) is 20.0. The van der Waals surface area contributed by atoms with Gasteiger partial charge in [0.25, 0.3) is 0 Å². The van der Waals surface area contributed by atoms with Crippen LogP contribution in [0.1, 0.15) is 30.4 Å². The summed E-state index contributed by atoms with van der Waals surface area (Å²) in [5.41, 5.74) is 3.73. The lowest BCUT2D eigenvalue weighted by Gasteiger charge is -2.14. The van der Waals surface area contributed by atoms with Gasteiger partial charge in [0, 0.05) is 18.2 Å². The summed E-state index contributed by atoms with van der Waals surface area (Å²) in [5.74, 6) is -0.651. The highest BCUT2D eigenvalue weighted by Gasteiger charge is 2.27. The van der Waals surface area contributed by atoms with Crippen molar-refractivity contribution in [3.05, 3.63) is 29.3 Å². The molecule has 1 heterocycles. The average molecular weight is 219 g/mol.